The van der Waals surface area contributed by atoms with Crippen LogP contribution < -0.4 is 5.32 Å². The number of thiophene rings is 1. The van der Waals surface area contributed by atoms with Crippen molar-refractivity contribution in [3.05, 3.63) is 64.8 Å². The summed E-state index contributed by atoms with van der Waals surface area (Å²) in [6.07, 6.45) is 1.85. The summed E-state index contributed by atoms with van der Waals surface area (Å²) in [5, 5.41) is 5.03. The average Bonchev–Trinajstić information content (AvgIpc) is 2.86. The van der Waals surface area contributed by atoms with Gasteiger partial charge in [0.1, 0.15) is 0 Å². The van der Waals surface area contributed by atoms with E-state index in [1.807, 2.05) is 29.7 Å². The molecular formula is C18H20N2S. The highest BCUT2D eigenvalue weighted by Gasteiger charge is 2.17. The van der Waals surface area contributed by atoms with Crippen LogP contribution in [0, 0.1) is 6.92 Å². The number of aryl methyl sites for hydroxylation is 1. The van der Waals surface area contributed by atoms with Gasteiger partial charge in [0.25, 0.3) is 0 Å². The Morgan fingerprint density at radius 1 is 1.00 bits per heavy atom. The van der Waals surface area contributed by atoms with E-state index in [9.17, 15) is 0 Å². The lowest BCUT2D eigenvalue weighted by Crippen LogP contribution is -2.22. The normalized spacial score (nSPS) is 14.2. The summed E-state index contributed by atoms with van der Waals surface area (Å²) >= 11 is 1.89. The Kier molecular flexibility index (Phi) is 4.04. The van der Waals surface area contributed by atoms with Crippen molar-refractivity contribution in [3.8, 4) is 0 Å². The van der Waals surface area contributed by atoms with Crippen molar-refractivity contribution in [2.24, 2.45) is 0 Å². The van der Waals surface area contributed by atoms with E-state index in [1.54, 1.807) is 0 Å². The standard InChI is InChI=1S/C18H20N2S/c1-12-15-8-4-5-10-17(15)21-18(12)14(3)20-13(2)16-9-6-7-11-19-16/h4-11,13-14,20H,1-3H3/t13-,14?/m0/s1. The number of pyridine rings is 1. The molecule has 1 unspecified atom stereocenters. The van der Waals surface area contributed by atoms with Crippen molar-refractivity contribution in [3.63, 3.8) is 0 Å². The monoisotopic (exact) mass is 296 g/mol. The van der Waals surface area contributed by atoms with Gasteiger partial charge in [-0.1, -0.05) is 24.3 Å². The van der Waals surface area contributed by atoms with E-state index in [2.05, 4.69) is 61.4 Å². The van der Waals surface area contributed by atoms with Crippen LogP contribution in [0.2, 0.25) is 0 Å². The quantitative estimate of drug-likeness (QED) is 0.731. The molecule has 2 atom stereocenters. The van der Waals surface area contributed by atoms with Crippen molar-refractivity contribution in [1.82, 2.24) is 10.3 Å². The van der Waals surface area contributed by atoms with Gasteiger partial charge in [-0.25, -0.2) is 0 Å². The summed E-state index contributed by atoms with van der Waals surface area (Å²) < 4.78 is 1.36. The van der Waals surface area contributed by atoms with E-state index in [4.69, 9.17) is 0 Å². The third-order valence-corrected chi connectivity index (χ3v) is 5.36. The van der Waals surface area contributed by atoms with Crippen molar-refractivity contribution >= 4 is 21.4 Å². The minimum absolute atomic E-state index is 0.241. The fourth-order valence-corrected chi connectivity index (χ4v) is 4.00. The fraction of sp³-hybridized carbons (Fsp3) is 0.278. The van der Waals surface area contributed by atoms with E-state index in [0.717, 1.165) is 5.69 Å². The first-order chi connectivity index (χ1) is 10.2. The molecule has 0 bridgehead atoms. The van der Waals surface area contributed by atoms with Crippen molar-refractivity contribution in [2.75, 3.05) is 0 Å². The van der Waals surface area contributed by atoms with E-state index < -0.39 is 0 Å². The summed E-state index contributed by atoms with van der Waals surface area (Å²) in [5.41, 5.74) is 2.48. The van der Waals surface area contributed by atoms with Gasteiger partial charge in [0.05, 0.1) is 5.69 Å². The molecule has 0 spiro atoms. The Bertz CT molecular complexity index is 733. The molecule has 0 fully saturated rings. The van der Waals surface area contributed by atoms with Crippen LogP contribution in [0.3, 0.4) is 0 Å². The third-order valence-electron chi connectivity index (χ3n) is 3.91. The van der Waals surface area contributed by atoms with Crippen molar-refractivity contribution in [2.45, 2.75) is 32.9 Å². The van der Waals surface area contributed by atoms with Gasteiger partial charge in [0.15, 0.2) is 0 Å². The molecule has 3 rings (SSSR count). The molecule has 1 N–H and O–H groups in total. The van der Waals surface area contributed by atoms with Crippen molar-refractivity contribution in [1.29, 1.82) is 0 Å². The summed E-state index contributed by atoms with van der Waals surface area (Å²) in [4.78, 5) is 5.85. The van der Waals surface area contributed by atoms with Crippen LogP contribution in [0.4, 0.5) is 0 Å². The maximum absolute atomic E-state index is 4.43. The Hall–Kier alpha value is -1.71. The first-order valence-corrected chi connectivity index (χ1v) is 8.13. The zero-order valence-electron chi connectivity index (χ0n) is 12.6. The van der Waals surface area contributed by atoms with Crippen molar-refractivity contribution < 1.29 is 0 Å². The summed E-state index contributed by atoms with van der Waals surface area (Å²) in [6, 6.07) is 15.3. The maximum Gasteiger partial charge on any atom is 0.0570 e. The minimum Gasteiger partial charge on any atom is -0.301 e. The number of benzene rings is 1. The topological polar surface area (TPSA) is 24.9 Å². The number of nitrogens with one attached hydrogen (secondary N) is 1. The number of hydrogen-bond donors (Lipinski definition) is 1. The number of fused-ring (bicyclic) bond motifs is 1. The highest BCUT2D eigenvalue weighted by Crippen LogP contribution is 2.35. The van der Waals surface area contributed by atoms with E-state index >= 15 is 0 Å². The smallest absolute Gasteiger partial charge is 0.0570 e. The molecule has 1 aromatic carbocycles. The molecule has 21 heavy (non-hydrogen) atoms. The van der Waals surface area contributed by atoms with Crippen LogP contribution in [-0.2, 0) is 0 Å². The lowest BCUT2D eigenvalue weighted by atomic mass is 10.1. The lowest BCUT2D eigenvalue weighted by Gasteiger charge is -2.19. The van der Waals surface area contributed by atoms with Crippen LogP contribution in [0.25, 0.3) is 10.1 Å². The summed E-state index contributed by atoms with van der Waals surface area (Å²) in [7, 11) is 0. The molecule has 0 saturated heterocycles. The van der Waals surface area contributed by atoms with E-state index in [1.165, 1.54) is 20.5 Å². The molecule has 108 valence electrons. The zero-order chi connectivity index (χ0) is 14.8. The summed E-state index contributed by atoms with van der Waals surface area (Å²) in [5.74, 6) is 0. The van der Waals surface area contributed by atoms with Crippen LogP contribution in [0.1, 0.15) is 42.1 Å². The minimum atomic E-state index is 0.241. The highest BCUT2D eigenvalue weighted by molar-refractivity contribution is 7.19. The predicted molar refractivity (Wildman–Crippen MR) is 90.8 cm³/mol. The number of aromatic nitrogens is 1. The number of nitrogens with zero attached hydrogens (tertiary/aromatic N) is 1. The Morgan fingerprint density at radius 3 is 2.48 bits per heavy atom. The number of hydrogen-bond acceptors (Lipinski definition) is 3. The lowest BCUT2D eigenvalue weighted by molar-refractivity contribution is 0.490. The molecule has 2 heterocycles. The Labute approximate surface area is 129 Å². The molecule has 0 radical (unpaired) electrons. The largest absolute Gasteiger partial charge is 0.301 e. The molecular weight excluding hydrogens is 276 g/mol. The molecule has 0 amide bonds. The van der Waals surface area contributed by atoms with Gasteiger partial charge in [-0.2, -0.15) is 0 Å². The first-order valence-electron chi connectivity index (χ1n) is 7.32. The average molecular weight is 296 g/mol. The summed E-state index contributed by atoms with van der Waals surface area (Å²) in [6.45, 7) is 6.62. The van der Waals surface area contributed by atoms with Gasteiger partial charge in [-0.3, -0.25) is 4.98 Å². The van der Waals surface area contributed by atoms with Crippen LogP contribution in [0.15, 0.2) is 48.7 Å². The Balaban J connectivity index is 1.84. The molecule has 0 aliphatic carbocycles. The molecule has 0 aliphatic rings. The molecule has 2 aromatic heterocycles. The number of rotatable bonds is 4. The second kappa shape index (κ2) is 5.96. The molecule has 0 aliphatic heterocycles. The van der Waals surface area contributed by atoms with Gasteiger partial charge >= 0.3 is 0 Å². The van der Waals surface area contributed by atoms with Crippen LogP contribution >= 0.6 is 11.3 Å². The molecule has 0 saturated carbocycles. The zero-order valence-corrected chi connectivity index (χ0v) is 13.4. The second-order valence-corrected chi connectivity index (χ2v) is 6.54. The molecule has 3 aromatic rings. The predicted octanol–water partition coefficient (Wildman–Crippen LogP) is 5.02. The van der Waals surface area contributed by atoms with Gasteiger partial charge in [0.2, 0.25) is 0 Å². The van der Waals surface area contributed by atoms with Gasteiger partial charge in [-0.15, -0.1) is 11.3 Å². The van der Waals surface area contributed by atoms with Gasteiger partial charge in [0, 0.05) is 27.9 Å². The molecule has 3 heteroatoms. The van der Waals surface area contributed by atoms with Gasteiger partial charge < -0.3 is 5.32 Å². The van der Waals surface area contributed by atoms with E-state index in [0.29, 0.717) is 6.04 Å². The highest BCUT2D eigenvalue weighted by atomic mass is 32.1. The Morgan fingerprint density at radius 2 is 1.76 bits per heavy atom. The fourth-order valence-electron chi connectivity index (χ4n) is 2.77. The van der Waals surface area contributed by atoms with Gasteiger partial charge in [-0.05, 0) is 49.9 Å². The maximum atomic E-state index is 4.43. The third kappa shape index (κ3) is 2.85. The van der Waals surface area contributed by atoms with Crippen LogP contribution in [0.5, 0.6) is 0 Å². The van der Waals surface area contributed by atoms with Crippen LogP contribution in [-0.4, -0.2) is 4.98 Å². The SMILES string of the molecule is Cc1c(C(C)N[C@@H](C)c2ccccn2)sc2ccccc12. The first kappa shape index (κ1) is 14.2. The van der Waals surface area contributed by atoms with E-state index in [-0.39, 0.29) is 6.04 Å². The second-order valence-electron chi connectivity index (χ2n) is 5.45. The molecule has 2 nitrogen and oxygen atoms in total.